The molecular formula is C37H66N2O9. The summed E-state index contributed by atoms with van der Waals surface area (Å²) in [6, 6.07) is -0.263. The second kappa shape index (κ2) is 17.2. The van der Waals surface area contributed by atoms with Gasteiger partial charge in [-0.15, -0.1) is 0 Å². The third kappa shape index (κ3) is 9.46. The molecule has 278 valence electrons. The monoisotopic (exact) mass is 682 g/mol. The molecule has 2 bridgehead atoms. The fourth-order valence-electron chi connectivity index (χ4n) is 8.05. The maximum Gasteiger partial charge on any atom is 0.316 e. The van der Waals surface area contributed by atoms with Crippen molar-refractivity contribution in [2.45, 2.75) is 155 Å². The largest absolute Gasteiger partial charge is 0.459 e. The van der Waals surface area contributed by atoms with Crippen LogP contribution in [-0.2, 0) is 33.3 Å². The summed E-state index contributed by atoms with van der Waals surface area (Å²) in [5.41, 5.74) is -1.98. The fourth-order valence-corrected chi connectivity index (χ4v) is 8.05. The number of ketones is 1. The molecule has 0 aliphatic carbocycles. The predicted octanol–water partition coefficient (Wildman–Crippen LogP) is 3.97. The summed E-state index contributed by atoms with van der Waals surface area (Å²) < 4.78 is 32.3. The van der Waals surface area contributed by atoms with Crippen molar-refractivity contribution >= 4 is 11.8 Å². The van der Waals surface area contributed by atoms with Crippen LogP contribution >= 0.6 is 0 Å². The number of aliphatic hydroxyl groups excluding tert-OH is 1. The number of likely N-dealkylation sites (N-methyl/N-ethyl adjacent to an activating group) is 1. The van der Waals surface area contributed by atoms with Gasteiger partial charge in [0, 0.05) is 24.5 Å². The first-order chi connectivity index (χ1) is 22.4. The Balaban J connectivity index is 2.24. The number of carbonyl (C=O) groups excluding carboxylic acids is 2. The molecule has 0 radical (unpaired) electrons. The molecule has 0 amide bonds. The Morgan fingerprint density at radius 3 is 2.33 bits per heavy atom. The van der Waals surface area contributed by atoms with Crippen LogP contribution in [0.4, 0.5) is 0 Å². The highest BCUT2D eigenvalue weighted by Crippen LogP contribution is 2.38. The second-order valence-electron chi connectivity index (χ2n) is 15.6. The fraction of sp³-hybridized carbons (Fsp3) is 0.892. The number of ether oxygens (including phenoxy) is 5. The van der Waals surface area contributed by atoms with E-state index in [1.54, 1.807) is 20.8 Å². The summed E-state index contributed by atoms with van der Waals surface area (Å²) >= 11 is 0. The normalized spacial score (nSPS) is 43.2. The summed E-state index contributed by atoms with van der Waals surface area (Å²) in [5, 5.41) is 23.7. The molecular weight excluding hydrogens is 616 g/mol. The van der Waals surface area contributed by atoms with Crippen molar-refractivity contribution in [3.63, 3.8) is 0 Å². The van der Waals surface area contributed by atoms with Gasteiger partial charge in [-0.3, -0.25) is 9.59 Å². The lowest BCUT2D eigenvalue weighted by molar-refractivity contribution is -0.297. The number of rotatable bonds is 7. The van der Waals surface area contributed by atoms with E-state index in [0.29, 0.717) is 37.8 Å². The number of hydrogen-bond acceptors (Lipinski definition) is 11. The lowest BCUT2D eigenvalue weighted by Gasteiger charge is -2.48. The Hall–Kier alpha value is -1.44. The van der Waals surface area contributed by atoms with Crippen LogP contribution in [0.1, 0.15) is 94.4 Å². The van der Waals surface area contributed by atoms with E-state index in [1.807, 2.05) is 39.8 Å². The van der Waals surface area contributed by atoms with Crippen molar-refractivity contribution in [3.8, 4) is 0 Å². The van der Waals surface area contributed by atoms with E-state index in [9.17, 15) is 19.8 Å². The zero-order chi connectivity index (χ0) is 36.1. The molecule has 13 atom stereocenters. The number of Topliss-reactive ketones (excluding diaryl/α,β-unsaturated/α-hetero) is 1. The number of nitrogens with zero attached hydrogens (tertiary/aromatic N) is 2. The Morgan fingerprint density at radius 2 is 1.73 bits per heavy atom. The zero-order valence-corrected chi connectivity index (χ0v) is 31.6. The molecule has 11 nitrogen and oxygen atoms in total. The van der Waals surface area contributed by atoms with E-state index < -0.39 is 59.7 Å². The summed E-state index contributed by atoms with van der Waals surface area (Å²) in [6.07, 6.45) is -1.70. The van der Waals surface area contributed by atoms with Crippen LogP contribution in [0.15, 0.2) is 12.2 Å². The first-order valence-electron chi connectivity index (χ1n) is 18.2. The lowest BCUT2D eigenvalue weighted by Crippen LogP contribution is -2.60. The molecule has 4 fully saturated rings. The molecule has 4 aliphatic rings. The molecule has 0 spiro atoms. The summed E-state index contributed by atoms with van der Waals surface area (Å²) in [5.74, 6) is -3.24. The van der Waals surface area contributed by atoms with E-state index in [1.165, 1.54) is 0 Å². The number of hydrogen-bond donors (Lipinski definition) is 2. The Labute approximate surface area is 289 Å². The first-order valence-corrected chi connectivity index (χ1v) is 18.2. The average Bonchev–Trinajstić information content (AvgIpc) is 3.01. The summed E-state index contributed by atoms with van der Waals surface area (Å²) in [6.45, 7) is 23.1. The van der Waals surface area contributed by atoms with Gasteiger partial charge in [-0.1, -0.05) is 40.7 Å². The number of esters is 1. The smallest absolute Gasteiger partial charge is 0.316 e. The molecule has 0 aromatic rings. The molecule has 0 aromatic carbocycles. The van der Waals surface area contributed by atoms with Crippen LogP contribution in [0, 0.1) is 17.8 Å². The Morgan fingerprint density at radius 1 is 1.06 bits per heavy atom. The van der Waals surface area contributed by atoms with Crippen molar-refractivity contribution in [2.75, 3.05) is 40.4 Å². The molecule has 4 saturated heterocycles. The average molecular weight is 683 g/mol. The van der Waals surface area contributed by atoms with Crippen LogP contribution in [0.5, 0.6) is 0 Å². The molecule has 4 heterocycles. The van der Waals surface area contributed by atoms with Gasteiger partial charge < -0.3 is 43.7 Å². The van der Waals surface area contributed by atoms with Crippen LogP contribution in [0.2, 0.25) is 0 Å². The molecule has 0 saturated carbocycles. The number of fused-ring (bicyclic) bond motifs is 15. The highest BCUT2D eigenvalue weighted by molar-refractivity contribution is 6.00. The lowest BCUT2D eigenvalue weighted by atomic mass is 9.79. The van der Waals surface area contributed by atoms with E-state index in [4.69, 9.17) is 23.7 Å². The highest BCUT2D eigenvalue weighted by Gasteiger charge is 2.52. The third-order valence-corrected chi connectivity index (χ3v) is 10.8. The topological polar surface area (TPSA) is 127 Å². The van der Waals surface area contributed by atoms with Crippen LogP contribution in [0.3, 0.4) is 0 Å². The van der Waals surface area contributed by atoms with Crippen molar-refractivity contribution in [2.24, 2.45) is 17.8 Å². The quantitative estimate of drug-likeness (QED) is 0.230. The van der Waals surface area contributed by atoms with E-state index in [0.717, 1.165) is 13.0 Å². The van der Waals surface area contributed by atoms with Gasteiger partial charge in [0.15, 0.2) is 12.1 Å². The van der Waals surface area contributed by atoms with E-state index in [-0.39, 0.29) is 43.1 Å². The van der Waals surface area contributed by atoms with Crippen LogP contribution in [0.25, 0.3) is 0 Å². The minimum absolute atomic E-state index is 0.0402. The molecule has 4 rings (SSSR count). The highest BCUT2D eigenvalue weighted by atomic mass is 16.7. The minimum atomic E-state index is -1.56. The van der Waals surface area contributed by atoms with Gasteiger partial charge in [0.25, 0.3) is 0 Å². The maximum absolute atomic E-state index is 14.3. The van der Waals surface area contributed by atoms with Crippen molar-refractivity contribution in [3.05, 3.63) is 12.2 Å². The predicted molar refractivity (Wildman–Crippen MR) is 184 cm³/mol. The Kier molecular flexibility index (Phi) is 14.7. The van der Waals surface area contributed by atoms with Gasteiger partial charge in [0.2, 0.25) is 0 Å². The zero-order valence-electron chi connectivity index (χ0n) is 31.6. The molecule has 4 aliphatic heterocycles. The molecule has 48 heavy (non-hydrogen) atoms. The second-order valence-corrected chi connectivity index (χ2v) is 15.6. The van der Waals surface area contributed by atoms with E-state index in [2.05, 4.69) is 32.3 Å². The van der Waals surface area contributed by atoms with Gasteiger partial charge in [-0.25, -0.2) is 0 Å². The van der Waals surface area contributed by atoms with Crippen molar-refractivity contribution in [1.82, 2.24) is 9.80 Å². The SMILES string of the molecule is C=C1CO[C@H]2[C@@H](C)CN(CCC)[C@H](C)C[C@@](C)(OC1)[C@H](O[C@@H]1O[C@H](C)C[C@H](N(C)C)[C@H]1O)[C@@H](C)C(=O)[C@@H](C)C(=O)O[C@H](CCC)[C@@]2(C)O. The van der Waals surface area contributed by atoms with Crippen LogP contribution < -0.4 is 0 Å². The molecule has 2 N–H and O–H groups in total. The molecule has 11 heteroatoms. The van der Waals surface area contributed by atoms with Gasteiger partial charge in [0.05, 0.1) is 37.1 Å². The van der Waals surface area contributed by atoms with Crippen molar-refractivity contribution < 1.29 is 43.5 Å². The van der Waals surface area contributed by atoms with Gasteiger partial charge in [-0.05, 0) is 92.4 Å². The van der Waals surface area contributed by atoms with Crippen molar-refractivity contribution in [1.29, 1.82) is 0 Å². The van der Waals surface area contributed by atoms with Gasteiger partial charge in [-0.2, -0.15) is 0 Å². The summed E-state index contributed by atoms with van der Waals surface area (Å²) in [4.78, 5) is 32.4. The van der Waals surface area contributed by atoms with Crippen LogP contribution in [-0.4, -0.2) is 132 Å². The molecule has 0 aromatic heterocycles. The number of aliphatic hydroxyl groups is 2. The minimum Gasteiger partial charge on any atom is -0.459 e. The van der Waals surface area contributed by atoms with Gasteiger partial charge >= 0.3 is 5.97 Å². The summed E-state index contributed by atoms with van der Waals surface area (Å²) in [7, 11) is 3.83. The maximum atomic E-state index is 14.3. The van der Waals surface area contributed by atoms with E-state index >= 15 is 0 Å². The number of carbonyl (C=O) groups is 2. The van der Waals surface area contributed by atoms with Gasteiger partial charge in [0.1, 0.15) is 23.7 Å². The Bertz CT molecular complexity index is 1090. The standard InChI is InChI=1S/C37H66N2O9/c1-13-15-29-37(10,43)32-23(4)19-39(16-14-2)24(5)18-36(9,45-21-22(3)20-44-32)33(26(7)30(40)27(8)34(42)47-29)48-35-31(41)28(38(11)12)17-25(6)46-35/h23-29,31-33,35,41,43H,3,13-21H2,1-2,4-12H3/t23-,24+,25+,26-,27+,28-,29+,31+,32-,33+,35-,36+,37+/m0/s1. The molecule has 0 unspecified atom stereocenters. The first kappa shape index (κ1) is 41.0. The third-order valence-electron chi connectivity index (χ3n) is 10.8.